The molecule has 6 nitrogen and oxygen atoms in total. The highest BCUT2D eigenvalue weighted by Gasteiger charge is 2.39. The van der Waals surface area contributed by atoms with E-state index in [0.29, 0.717) is 12.5 Å². The zero-order chi connectivity index (χ0) is 39.5. The molecule has 0 aromatic heterocycles. The molecule has 0 radical (unpaired) electrons. The standard InChI is InChI=1S/C25H50O3.C22H46O3/c1-6-9-11-13-14-16-18-23(17-15-12-10-7-2)19-26-20-25(8-3)21-27-24(4,5)28-22-25;1-4-7-9-11-12-14-16-21(15-13-10-8-5-2)17-25-20-22(6-3,18-23)19-24/h23H,6-22H2,1-5H3;21,23-24H,4-20H2,1-3H3. The summed E-state index contributed by atoms with van der Waals surface area (Å²) in [7, 11) is 0. The molecule has 2 atom stereocenters. The van der Waals surface area contributed by atoms with E-state index in [2.05, 4.69) is 34.6 Å². The number of unbranched alkanes of at least 4 members (excludes halogenated alkanes) is 16. The summed E-state index contributed by atoms with van der Waals surface area (Å²) in [6.45, 7) is 21.7. The maximum atomic E-state index is 9.55. The molecule has 0 amide bonds. The molecular formula is C47H96O6. The van der Waals surface area contributed by atoms with Gasteiger partial charge in [0.1, 0.15) is 0 Å². The lowest BCUT2D eigenvalue weighted by molar-refractivity contribution is -0.292. The van der Waals surface area contributed by atoms with Crippen LogP contribution in [0.15, 0.2) is 0 Å². The first-order valence-electron chi connectivity index (χ1n) is 23.3. The highest BCUT2D eigenvalue weighted by atomic mass is 16.7. The third-order valence-corrected chi connectivity index (χ3v) is 12.0. The van der Waals surface area contributed by atoms with Crippen LogP contribution in [0.2, 0.25) is 0 Å². The first-order valence-corrected chi connectivity index (χ1v) is 23.3. The van der Waals surface area contributed by atoms with E-state index in [1.54, 1.807) is 0 Å². The molecule has 6 heteroatoms. The summed E-state index contributed by atoms with van der Waals surface area (Å²) in [6, 6.07) is 0. The summed E-state index contributed by atoms with van der Waals surface area (Å²) in [5.74, 6) is 0.909. The predicted octanol–water partition coefficient (Wildman–Crippen LogP) is 13.2. The Bertz CT molecular complexity index is 735. The van der Waals surface area contributed by atoms with E-state index in [1.807, 2.05) is 20.8 Å². The molecule has 1 aliphatic heterocycles. The van der Waals surface area contributed by atoms with Crippen molar-refractivity contribution in [2.75, 3.05) is 52.9 Å². The Morgan fingerprint density at radius 3 is 1.25 bits per heavy atom. The Labute approximate surface area is 332 Å². The van der Waals surface area contributed by atoms with Crippen molar-refractivity contribution in [3.8, 4) is 0 Å². The lowest BCUT2D eigenvalue weighted by atomic mass is 9.87. The molecule has 53 heavy (non-hydrogen) atoms. The van der Waals surface area contributed by atoms with Crippen molar-refractivity contribution in [2.24, 2.45) is 22.7 Å². The second-order valence-electron chi connectivity index (χ2n) is 17.6. The fourth-order valence-corrected chi connectivity index (χ4v) is 7.25. The third-order valence-electron chi connectivity index (χ3n) is 12.0. The van der Waals surface area contributed by atoms with E-state index in [0.717, 1.165) is 51.8 Å². The molecule has 1 rings (SSSR count). The van der Waals surface area contributed by atoms with Crippen LogP contribution in [-0.4, -0.2) is 68.9 Å². The van der Waals surface area contributed by atoms with E-state index in [-0.39, 0.29) is 18.6 Å². The highest BCUT2D eigenvalue weighted by molar-refractivity contribution is 4.82. The Morgan fingerprint density at radius 2 is 0.887 bits per heavy atom. The van der Waals surface area contributed by atoms with Crippen molar-refractivity contribution in [2.45, 2.75) is 228 Å². The van der Waals surface area contributed by atoms with Crippen molar-refractivity contribution in [3.63, 3.8) is 0 Å². The summed E-state index contributed by atoms with van der Waals surface area (Å²) in [4.78, 5) is 0. The Hall–Kier alpha value is -0.240. The molecule has 0 bridgehead atoms. The number of hydrogen-bond acceptors (Lipinski definition) is 6. The number of hydrogen-bond donors (Lipinski definition) is 2. The topological polar surface area (TPSA) is 77.4 Å². The number of ether oxygens (including phenoxy) is 4. The maximum Gasteiger partial charge on any atom is 0.162 e. The van der Waals surface area contributed by atoms with Gasteiger partial charge in [-0.1, -0.05) is 170 Å². The van der Waals surface area contributed by atoms with Crippen LogP contribution >= 0.6 is 0 Å². The molecule has 1 aliphatic rings. The van der Waals surface area contributed by atoms with Crippen LogP contribution in [0.25, 0.3) is 0 Å². The van der Waals surface area contributed by atoms with Crippen molar-refractivity contribution in [1.29, 1.82) is 0 Å². The number of aliphatic hydroxyl groups is 2. The van der Waals surface area contributed by atoms with Crippen LogP contribution in [-0.2, 0) is 18.9 Å². The summed E-state index contributed by atoms with van der Waals surface area (Å²) in [5.41, 5.74) is -0.435. The normalized spacial score (nSPS) is 16.6. The molecule has 1 fully saturated rings. The van der Waals surface area contributed by atoms with E-state index >= 15 is 0 Å². The van der Waals surface area contributed by atoms with Crippen LogP contribution in [0, 0.1) is 22.7 Å². The molecule has 0 saturated carbocycles. The van der Waals surface area contributed by atoms with Gasteiger partial charge in [0.05, 0.1) is 39.6 Å². The predicted molar refractivity (Wildman–Crippen MR) is 228 cm³/mol. The van der Waals surface area contributed by atoms with Crippen molar-refractivity contribution < 1.29 is 29.2 Å². The van der Waals surface area contributed by atoms with Gasteiger partial charge in [-0.2, -0.15) is 0 Å². The van der Waals surface area contributed by atoms with Gasteiger partial charge in [0, 0.05) is 24.0 Å². The van der Waals surface area contributed by atoms with Crippen LogP contribution in [0.3, 0.4) is 0 Å². The lowest BCUT2D eigenvalue weighted by Gasteiger charge is -2.43. The van der Waals surface area contributed by atoms with Gasteiger partial charge in [-0.25, -0.2) is 0 Å². The van der Waals surface area contributed by atoms with Gasteiger partial charge in [-0.05, 0) is 64.2 Å². The molecule has 0 aromatic carbocycles. The van der Waals surface area contributed by atoms with Crippen molar-refractivity contribution in [1.82, 2.24) is 0 Å². The SMILES string of the molecule is CCCCCCCCC(CCCCCC)COCC(CC)(CO)CO.CCCCCCCCC(CCCCCC)COCC1(CC)COC(C)(C)OC1. The molecule has 1 heterocycles. The third kappa shape index (κ3) is 27.9. The van der Waals surface area contributed by atoms with Gasteiger partial charge < -0.3 is 29.2 Å². The zero-order valence-electron chi connectivity index (χ0n) is 37.2. The smallest absolute Gasteiger partial charge is 0.162 e. The van der Waals surface area contributed by atoms with Crippen molar-refractivity contribution in [3.05, 3.63) is 0 Å². The van der Waals surface area contributed by atoms with Gasteiger partial charge in [0.15, 0.2) is 5.79 Å². The highest BCUT2D eigenvalue weighted by Crippen LogP contribution is 2.33. The molecule has 2 unspecified atom stereocenters. The number of rotatable bonds is 36. The van der Waals surface area contributed by atoms with E-state index in [4.69, 9.17) is 18.9 Å². The Balaban J connectivity index is 0.00000103. The van der Waals surface area contributed by atoms with Gasteiger partial charge in [0.2, 0.25) is 0 Å². The molecule has 1 saturated heterocycles. The molecule has 0 aromatic rings. The summed E-state index contributed by atoms with van der Waals surface area (Å²) in [6.07, 6.45) is 34.0. The minimum absolute atomic E-state index is 0.00139. The quantitative estimate of drug-likeness (QED) is 0.0620. The minimum Gasteiger partial charge on any atom is -0.396 e. The van der Waals surface area contributed by atoms with Crippen LogP contribution in [0.5, 0.6) is 0 Å². The van der Waals surface area contributed by atoms with Gasteiger partial charge in [-0.15, -0.1) is 0 Å². The summed E-state index contributed by atoms with van der Waals surface area (Å²) in [5, 5.41) is 19.1. The molecular weight excluding hydrogens is 661 g/mol. The van der Waals surface area contributed by atoms with Gasteiger partial charge >= 0.3 is 0 Å². The summed E-state index contributed by atoms with van der Waals surface area (Å²) >= 11 is 0. The van der Waals surface area contributed by atoms with Crippen molar-refractivity contribution >= 4 is 0 Å². The Kier molecular flexibility index (Phi) is 34.8. The zero-order valence-corrected chi connectivity index (χ0v) is 37.2. The van der Waals surface area contributed by atoms with Crippen LogP contribution in [0.4, 0.5) is 0 Å². The molecule has 0 aliphatic carbocycles. The summed E-state index contributed by atoms with van der Waals surface area (Å²) < 4.78 is 24.1. The first kappa shape index (κ1) is 52.8. The fraction of sp³-hybridized carbons (Fsp3) is 1.00. The van der Waals surface area contributed by atoms with E-state index in [9.17, 15) is 10.2 Å². The second-order valence-corrected chi connectivity index (χ2v) is 17.6. The van der Waals surface area contributed by atoms with Crippen LogP contribution in [0.1, 0.15) is 222 Å². The lowest BCUT2D eigenvalue weighted by Crippen LogP contribution is -2.48. The average Bonchev–Trinajstić information content (AvgIpc) is 3.17. The van der Waals surface area contributed by atoms with E-state index in [1.165, 1.54) is 154 Å². The molecule has 2 N–H and O–H groups in total. The van der Waals surface area contributed by atoms with Crippen LogP contribution < -0.4 is 0 Å². The molecule has 0 spiro atoms. The molecule has 320 valence electrons. The van der Waals surface area contributed by atoms with Gasteiger partial charge in [0.25, 0.3) is 0 Å². The fourth-order valence-electron chi connectivity index (χ4n) is 7.25. The largest absolute Gasteiger partial charge is 0.396 e. The maximum absolute atomic E-state index is 9.55. The second kappa shape index (κ2) is 35.0. The monoisotopic (exact) mass is 757 g/mol. The number of aliphatic hydroxyl groups excluding tert-OH is 2. The first-order chi connectivity index (χ1) is 25.6. The van der Waals surface area contributed by atoms with E-state index < -0.39 is 11.2 Å². The Morgan fingerprint density at radius 1 is 0.528 bits per heavy atom. The minimum atomic E-state index is -0.465. The van der Waals surface area contributed by atoms with Gasteiger partial charge in [-0.3, -0.25) is 0 Å². The average molecular weight is 757 g/mol.